The summed E-state index contributed by atoms with van der Waals surface area (Å²) < 4.78 is 32.2. The third-order valence-electron chi connectivity index (χ3n) is 2.69. The van der Waals surface area contributed by atoms with Crippen LogP contribution in [0, 0.1) is 22.7 Å². The Morgan fingerprint density at radius 2 is 1.81 bits per heavy atom. The number of hydrogen-bond acceptors (Lipinski definition) is 5. The van der Waals surface area contributed by atoms with Crippen molar-refractivity contribution >= 4 is 26.0 Å². The number of halogens is 1. The zero-order valence-electron chi connectivity index (χ0n) is 11.4. The highest BCUT2D eigenvalue weighted by molar-refractivity contribution is 9.10. The quantitative estimate of drug-likeness (QED) is 0.732. The maximum atomic E-state index is 12.7. The van der Waals surface area contributed by atoms with Gasteiger partial charge in [0.1, 0.15) is 10.6 Å². The lowest BCUT2D eigenvalue weighted by Crippen LogP contribution is -2.33. The predicted molar refractivity (Wildman–Crippen MR) is 79.9 cm³/mol. The van der Waals surface area contributed by atoms with E-state index in [9.17, 15) is 8.42 Å². The van der Waals surface area contributed by atoms with Crippen LogP contribution in [0.15, 0.2) is 27.6 Å². The van der Waals surface area contributed by atoms with Gasteiger partial charge in [0, 0.05) is 30.4 Å². The first kappa shape index (κ1) is 17.4. The number of hydrogen-bond donors (Lipinski definition) is 0. The fraction of sp³-hybridized carbons (Fsp3) is 0.385. The second-order valence-corrected chi connectivity index (χ2v) is 6.84. The minimum absolute atomic E-state index is 0.00949. The lowest BCUT2D eigenvalue weighted by molar-refractivity contribution is 0.392. The maximum Gasteiger partial charge on any atom is 0.246 e. The molecule has 0 atom stereocenters. The van der Waals surface area contributed by atoms with Crippen LogP contribution < -0.4 is 4.74 Å². The van der Waals surface area contributed by atoms with Crippen molar-refractivity contribution in [2.45, 2.75) is 17.7 Å². The first-order chi connectivity index (χ1) is 9.97. The Bertz CT molecular complexity index is 659. The van der Waals surface area contributed by atoms with Crippen LogP contribution in [0.3, 0.4) is 0 Å². The molecule has 112 valence electrons. The zero-order valence-corrected chi connectivity index (χ0v) is 13.8. The molecule has 0 aliphatic rings. The Kier molecular flexibility index (Phi) is 6.63. The van der Waals surface area contributed by atoms with Crippen LogP contribution in [0.2, 0.25) is 0 Å². The van der Waals surface area contributed by atoms with Crippen molar-refractivity contribution in [2.24, 2.45) is 0 Å². The summed E-state index contributed by atoms with van der Waals surface area (Å²) in [6.07, 6.45) is 0.113. The van der Waals surface area contributed by atoms with E-state index >= 15 is 0 Å². The van der Waals surface area contributed by atoms with E-state index in [1.807, 2.05) is 12.1 Å². The molecule has 0 aliphatic carbocycles. The molecule has 0 bridgehead atoms. The summed E-state index contributed by atoms with van der Waals surface area (Å²) in [7, 11) is -2.45. The van der Waals surface area contributed by atoms with Gasteiger partial charge in [-0.2, -0.15) is 14.8 Å². The van der Waals surface area contributed by atoms with Crippen LogP contribution in [0.5, 0.6) is 5.75 Å². The van der Waals surface area contributed by atoms with Crippen molar-refractivity contribution in [1.82, 2.24) is 4.31 Å². The largest absolute Gasteiger partial charge is 0.495 e. The van der Waals surface area contributed by atoms with E-state index in [1.165, 1.54) is 13.2 Å². The van der Waals surface area contributed by atoms with Crippen molar-refractivity contribution in [3.05, 3.63) is 22.7 Å². The van der Waals surface area contributed by atoms with E-state index in [4.69, 9.17) is 15.3 Å². The average molecular weight is 372 g/mol. The van der Waals surface area contributed by atoms with Crippen LogP contribution in [0.25, 0.3) is 0 Å². The maximum absolute atomic E-state index is 12.7. The summed E-state index contributed by atoms with van der Waals surface area (Å²) in [5.41, 5.74) is 0. The van der Waals surface area contributed by atoms with E-state index in [0.29, 0.717) is 4.47 Å². The van der Waals surface area contributed by atoms with E-state index in [-0.39, 0.29) is 36.6 Å². The van der Waals surface area contributed by atoms with E-state index in [0.717, 1.165) is 4.31 Å². The van der Waals surface area contributed by atoms with Gasteiger partial charge in [-0.25, -0.2) is 8.42 Å². The fourth-order valence-electron chi connectivity index (χ4n) is 1.69. The molecular weight excluding hydrogens is 358 g/mol. The van der Waals surface area contributed by atoms with Gasteiger partial charge in [0.05, 0.1) is 19.2 Å². The van der Waals surface area contributed by atoms with Crippen molar-refractivity contribution in [3.8, 4) is 17.9 Å². The molecule has 21 heavy (non-hydrogen) atoms. The van der Waals surface area contributed by atoms with Gasteiger partial charge in [0.2, 0.25) is 10.0 Å². The van der Waals surface area contributed by atoms with Crippen LogP contribution in [0.4, 0.5) is 0 Å². The van der Waals surface area contributed by atoms with Gasteiger partial charge in [0.25, 0.3) is 0 Å². The summed E-state index contributed by atoms with van der Waals surface area (Å²) in [5, 5.41) is 17.3. The highest BCUT2D eigenvalue weighted by Crippen LogP contribution is 2.29. The zero-order chi connectivity index (χ0) is 15.9. The Labute approximate surface area is 132 Å². The molecule has 0 N–H and O–H groups in total. The molecule has 1 aromatic rings. The van der Waals surface area contributed by atoms with E-state index in [2.05, 4.69) is 15.9 Å². The van der Waals surface area contributed by atoms with E-state index < -0.39 is 10.0 Å². The normalized spacial score (nSPS) is 10.9. The SMILES string of the molecule is COc1ccc(Br)cc1S(=O)(=O)N(CCC#N)CCC#N. The number of ether oxygens (including phenoxy) is 1. The number of rotatable bonds is 7. The van der Waals surface area contributed by atoms with Gasteiger partial charge < -0.3 is 4.74 Å². The second-order valence-electron chi connectivity index (χ2n) is 4.02. The predicted octanol–water partition coefficient (Wildman–Crippen LogP) is 2.28. The molecule has 0 spiro atoms. The van der Waals surface area contributed by atoms with Crippen molar-refractivity contribution < 1.29 is 13.2 Å². The molecule has 0 aromatic heterocycles. The summed E-state index contributed by atoms with van der Waals surface area (Å²) in [5.74, 6) is 0.220. The third-order valence-corrected chi connectivity index (χ3v) is 5.10. The Morgan fingerprint density at radius 1 is 1.24 bits per heavy atom. The number of benzene rings is 1. The molecular formula is C13H14BrN3O3S. The van der Waals surface area contributed by atoms with Crippen LogP contribution in [-0.2, 0) is 10.0 Å². The van der Waals surface area contributed by atoms with Gasteiger partial charge in [-0.1, -0.05) is 15.9 Å². The topological polar surface area (TPSA) is 94.2 Å². The monoisotopic (exact) mass is 371 g/mol. The van der Waals surface area contributed by atoms with Crippen molar-refractivity contribution in [2.75, 3.05) is 20.2 Å². The standard InChI is InChI=1S/C13H14BrN3O3S/c1-20-12-5-4-11(14)10-13(12)21(18,19)17(8-2-6-15)9-3-7-16/h4-5,10H,2-3,8-9H2,1H3. The van der Waals surface area contributed by atoms with Gasteiger partial charge in [-0.05, 0) is 18.2 Å². The van der Waals surface area contributed by atoms with Crippen molar-refractivity contribution in [3.63, 3.8) is 0 Å². The van der Waals surface area contributed by atoms with Gasteiger partial charge >= 0.3 is 0 Å². The second kappa shape index (κ2) is 7.99. The highest BCUT2D eigenvalue weighted by Gasteiger charge is 2.27. The van der Waals surface area contributed by atoms with Crippen LogP contribution in [0.1, 0.15) is 12.8 Å². The van der Waals surface area contributed by atoms with Crippen LogP contribution in [-0.4, -0.2) is 32.9 Å². The Morgan fingerprint density at radius 3 is 2.29 bits per heavy atom. The molecule has 0 radical (unpaired) electrons. The molecule has 6 nitrogen and oxygen atoms in total. The Hall–Kier alpha value is -1.61. The van der Waals surface area contributed by atoms with Crippen LogP contribution >= 0.6 is 15.9 Å². The molecule has 0 unspecified atom stereocenters. The number of sulfonamides is 1. The third kappa shape index (κ3) is 4.43. The smallest absolute Gasteiger partial charge is 0.246 e. The molecule has 0 saturated carbocycles. The highest BCUT2D eigenvalue weighted by atomic mass is 79.9. The molecule has 0 heterocycles. The molecule has 1 aromatic carbocycles. The van der Waals surface area contributed by atoms with Gasteiger partial charge in [-0.15, -0.1) is 0 Å². The summed E-state index contributed by atoms with van der Waals surface area (Å²) in [4.78, 5) is 0.00949. The first-order valence-electron chi connectivity index (χ1n) is 6.05. The number of nitriles is 2. The minimum atomic E-state index is -3.83. The minimum Gasteiger partial charge on any atom is -0.495 e. The number of methoxy groups -OCH3 is 1. The lowest BCUT2D eigenvalue weighted by Gasteiger charge is -2.21. The van der Waals surface area contributed by atoms with E-state index in [1.54, 1.807) is 12.1 Å². The Balaban J connectivity index is 3.25. The molecule has 0 fully saturated rings. The first-order valence-corrected chi connectivity index (χ1v) is 8.28. The lowest BCUT2D eigenvalue weighted by atomic mass is 10.3. The average Bonchev–Trinajstić information content (AvgIpc) is 2.47. The van der Waals surface area contributed by atoms with Crippen molar-refractivity contribution in [1.29, 1.82) is 10.5 Å². The summed E-state index contributed by atoms with van der Waals surface area (Å²) in [6, 6.07) is 8.48. The molecule has 1 rings (SSSR count). The number of nitrogens with zero attached hydrogens (tertiary/aromatic N) is 3. The fourth-order valence-corrected chi connectivity index (χ4v) is 3.83. The summed E-state index contributed by atoms with van der Waals surface area (Å²) in [6.45, 7) is 0.0758. The molecule has 0 saturated heterocycles. The molecule has 8 heteroatoms. The van der Waals surface area contributed by atoms with Gasteiger partial charge in [-0.3, -0.25) is 0 Å². The molecule has 0 amide bonds. The molecule has 0 aliphatic heterocycles. The summed E-state index contributed by atoms with van der Waals surface area (Å²) >= 11 is 3.23. The van der Waals surface area contributed by atoms with Gasteiger partial charge in [0.15, 0.2) is 0 Å².